The van der Waals surface area contributed by atoms with Crippen molar-refractivity contribution in [2.75, 3.05) is 49.3 Å². The number of para-hydroxylation sites is 2. The zero-order valence-corrected chi connectivity index (χ0v) is 36.5. The topological polar surface area (TPSA) is 107 Å². The number of carbonyl (C=O) groups is 3. The van der Waals surface area contributed by atoms with Gasteiger partial charge in [-0.15, -0.1) is 0 Å². The molecule has 0 aliphatic carbocycles. The van der Waals surface area contributed by atoms with Crippen LogP contribution < -0.4 is 23.7 Å². The highest BCUT2D eigenvalue weighted by molar-refractivity contribution is 6.02. The first kappa shape index (κ1) is 48.4. The minimum Gasteiger partial charge on any atom is -0.497 e. The lowest BCUT2D eigenvalue weighted by Gasteiger charge is -2.04. The lowest BCUT2D eigenvalue weighted by atomic mass is 10.0. The van der Waals surface area contributed by atoms with Crippen LogP contribution in [-0.4, -0.2) is 66.6 Å². The number of methoxy groups -OCH3 is 6. The maximum Gasteiger partial charge on any atom is 0.160 e. The van der Waals surface area contributed by atoms with E-state index in [1.165, 1.54) is 5.56 Å². The van der Waals surface area contributed by atoms with Crippen molar-refractivity contribution in [1.82, 2.24) is 0 Å². The molecular formula is C52H56O9. The monoisotopic (exact) mass is 824 g/mol. The first-order valence-corrected chi connectivity index (χ1v) is 19.5. The first-order chi connectivity index (χ1) is 29.5. The Morgan fingerprint density at radius 3 is 1.13 bits per heavy atom. The van der Waals surface area contributed by atoms with Crippen LogP contribution in [0.2, 0.25) is 0 Å². The van der Waals surface area contributed by atoms with Crippen molar-refractivity contribution in [2.24, 2.45) is 0 Å². The fraction of sp³-hybridized carbons (Fsp3) is 0.212. The standard InChI is InChI=1S/C14H12O2.C13H12O2.C9H12O.2C8H10O2/c1-9(15)11-3-5-14-8-12(10(2)16)4-6-13(14)7-11;1-9(14)10-3-4-12-8-13(15-2)6-5-11(12)7-10;1-10-8-7-9-5-3-2-4-6-9;1-9-7-4-3-5-8(6-7)10-2;1-9-7-5-3-4-6-8(7)10-2/h3-8H,1-2H3;3-8H,1-2H3;2-6H,7-8H2,1H3;2*3-6H,1-2H3. The summed E-state index contributed by atoms with van der Waals surface area (Å²) in [4.78, 5) is 33.6. The van der Waals surface area contributed by atoms with Crippen LogP contribution in [0.15, 0.2) is 152 Å². The van der Waals surface area contributed by atoms with E-state index in [9.17, 15) is 14.4 Å². The number of fused-ring (bicyclic) bond motifs is 2. The van der Waals surface area contributed by atoms with Crippen molar-refractivity contribution < 1.29 is 42.8 Å². The second-order valence-corrected chi connectivity index (χ2v) is 13.3. The quantitative estimate of drug-likeness (QED) is 0.118. The van der Waals surface area contributed by atoms with Crippen molar-refractivity contribution in [3.8, 4) is 28.7 Å². The van der Waals surface area contributed by atoms with Crippen LogP contribution in [0.25, 0.3) is 21.5 Å². The number of ketones is 3. The van der Waals surface area contributed by atoms with Crippen molar-refractivity contribution in [1.29, 1.82) is 0 Å². The minimum absolute atomic E-state index is 0.0533. The first-order valence-electron chi connectivity index (χ1n) is 19.5. The second-order valence-electron chi connectivity index (χ2n) is 13.3. The maximum atomic E-state index is 11.2. The third-order valence-electron chi connectivity index (χ3n) is 9.11. The number of Topliss-reactive ketones (excluding diaryl/α,β-unsaturated/α-hetero) is 3. The summed E-state index contributed by atoms with van der Waals surface area (Å²) in [6, 6.07) is 47.8. The average molecular weight is 825 g/mol. The van der Waals surface area contributed by atoms with E-state index in [4.69, 9.17) is 28.4 Å². The molecule has 0 amide bonds. The third kappa shape index (κ3) is 16.3. The molecule has 0 saturated carbocycles. The summed E-state index contributed by atoms with van der Waals surface area (Å²) in [6.45, 7) is 5.48. The number of carbonyl (C=O) groups excluding carboxylic acids is 3. The van der Waals surface area contributed by atoms with Gasteiger partial charge in [-0.3, -0.25) is 14.4 Å². The Hall–Kier alpha value is -6.97. The van der Waals surface area contributed by atoms with Crippen LogP contribution in [0.1, 0.15) is 57.4 Å². The molecule has 7 aromatic carbocycles. The number of benzene rings is 7. The van der Waals surface area contributed by atoms with E-state index < -0.39 is 0 Å². The zero-order chi connectivity index (χ0) is 44.6. The molecule has 7 aromatic rings. The van der Waals surface area contributed by atoms with Crippen LogP contribution in [0, 0.1) is 0 Å². The van der Waals surface area contributed by atoms with E-state index in [1.807, 2.05) is 127 Å². The van der Waals surface area contributed by atoms with Gasteiger partial charge in [-0.1, -0.05) is 91.0 Å². The predicted octanol–water partition coefficient (Wildman–Crippen LogP) is 11.6. The van der Waals surface area contributed by atoms with Crippen molar-refractivity contribution >= 4 is 38.9 Å². The van der Waals surface area contributed by atoms with Gasteiger partial charge in [0.1, 0.15) is 17.2 Å². The van der Waals surface area contributed by atoms with Gasteiger partial charge in [-0.2, -0.15) is 0 Å². The van der Waals surface area contributed by atoms with Gasteiger partial charge in [-0.05, 0) is 109 Å². The Kier molecular flexibility index (Phi) is 20.8. The molecule has 0 N–H and O–H groups in total. The molecule has 0 aliphatic rings. The average Bonchev–Trinajstić information content (AvgIpc) is 3.31. The fourth-order valence-electron chi connectivity index (χ4n) is 5.63. The highest BCUT2D eigenvalue weighted by Crippen LogP contribution is 2.25. The smallest absolute Gasteiger partial charge is 0.160 e. The number of hydrogen-bond donors (Lipinski definition) is 0. The zero-order valence-electron chi connectivity index (χ0n) is 36.5. The van der Waals surface area contributed by atoms with Gasteiger partial charge in [0, 0.05) is 29.9 Å². The van der Waals surface area contributed by atoms with E-state index in [1.54, 1.807) is 75.6 Å². The molecule has 0 aliphatic heterocycles. The van der Waals surface area contributed by atoms with Gasteiger partial charge in [0.2, 0.25) is 0 Å². The van der Waals surface area contributed by atoms with Gasteiger partial charge >= 0.3 is 0 Å². The number of rotatable bonds is 11. The Bertz CT molecular complexity index is 2350. The van der Waals surface area contributed by atoms with Gasteiger partial charge in [-0.25, -0.2) is 0 Å². The summed E-state index contributed by atoms with van der Waals surface area (Å²) >= 11 is 0. The molecule has 0 saturated heterocycles. The van der Waals surface area contributed by atoms with Crippen LogP contribution in [-0.2, 0) is 11.2 Å². The van der Waals surface area contributed by atoms with Gasteiger partial charge in [0.25, 0.3) is 0 Å². The lowest BCUT2D eigenvalue weighted by Crippen LogP contribution is -1.93. The normalized spacial score (nSPS) is 9.79. The molecule has 7 rings (SSSR count). The van der Waals surface area contributed by atoms with Gasteiger partial charge in [0.05, 0.1) is 42.2 Å². The van der Waals surface area contributed by atoms with E-state index in [0.717, 1.165) is 68.9 Å². The van der Waals surface area contributed by atoms with Crippen LogP contribution in [0.5, 0.6) is 28.7 Å². The van der Waals surface area contributed by atoms with E-state index in [2.05, 4.69) is 12.1 Å². The predicted molar refractivity (Wildman–Crippen MR) is 246 cm³/mol. The third-order valence-corrected chi connectivity index (χ3v) is 9.11. The summed E-state index contributed by atoms with van der Waals surface area (Å²) in [5.41, 5.74) is 3.48. The molecule has 0 fully saturated rings. The molecule has 0 spiro atoms. The largest absolute Gasteiger partial charge is 0.497 e. The number of hydrogen-bond acceptors (Lipinski definition) is 9. The molecule has 318 valence electrons. The Morgan fingerprint density at radius 1 is 0.377 bits per heavy atom. The molecule has 0 bridgehead atoms. The Morgan fingerprint density at radius 2 is 0.754 bits per heavy atom. The van der Waals surface area contributed by atoms with Crippen LogP contribution in [0.4, 0.5) is 0 Å². The second kappa shape index (κ2) is 26.2. The van der Waals surface area contributed by atoms with Crippen molar-refractivity contribution in [3.63, 3.8) is 0 Å². The Balaban J connectivity index is 0.000000207. The summed E-state index contributed by atoms with van der Waals surface area (Å²) < 4.78 is 30.1. The summed E-state index contributed by atoms with van der Waals surface area (Å²) in [5.74, 6) is 4.20. The van der Waals surface area contributed by atoms with E-state index >= 15 is 0 Å². The van der Waals surface area contributed by atoms with Gasteiger partial charge < -0.3 is 28.4 Å². The maximum absolute atomic E-state index is 11.2. The van der Waals surface area contributed by atoms with Crippen molar-refractivity contribution in [2.45, 2.75) is 27.2 Å². The van der Waals surface area contributed by atoms with Crippen molar-refractivity contribution in [3.05, 3.63) is 174 Å². The van der Waals surface area contributed by atoms with Gasteiger partial charge in [0.15, 0.2) is 28.8 Å². The SMILES string of the molecule is CC(=O)c1ccc2cc(C(C)=O)ccc2c1.COCCc1ccccc1.COc1ccc2cc(C(C)=O)ccc2c1.COc1cccc(OC)c1.COc1ccccc1OC. The molecule has 0 atom stereocenters. The lowest BCUT2D eigenvalue weighted by molar-refractivity contribution is 0.100. The van der Waals surface area contributed by atoms with Crippen LogP contribution in [0.3, 0.4) is 0 Å². The van der Waals surface area contributed by atoms with Crippen LogP contribution >= 0.6 is 0 Å². The van der Waals surface area contributed by atoms with E-state index in [-0.39, 0.29) is 17.3 Å². The van der Waals surface area contributed by atoms with E-state index in [0.29, 0.717) is 11.1 Å². The highest BCUT2D eigenvalue weighted by Gasteiger charge is 2.05. The summed E-state index contributed by atoms with van der Waals surface area (Å²) in [5, 5.41) is 4.11. The summed E-state index contributed by atoms with van der Waals surface area (Å²) in [7, 11) is 9.88. The molecule has 0 unspecified atom stereocenters. The molecule has 9 heteroatoms. The molecule has 0 heterocycles. The minimum atomic E-state index is 0.0533. The summed E-state index contributed by atoms with van der Waals surface area (Å²) in [6.07, 6.45) is 1.01. The molecule has 9 nitrogen and oxygen atoms in total. The molecule has 61 heavy (non-hydrogen) atoms. The number of ether oxygens (including phenoxy) is 6. The highest BCUT2D eigenvalue weighted by atomic mass is 16.5. The molecule has 0 radical (unpaired) electrons. The fourth-order valence-corrected chi connectivity index (χ4v) is 5.63. The Labute approximate surface area is 359 Å². The molecular weight excluding hydrogens is 769 g/mol. The molecule has 0 aromatic heterocycles.